The van der Waals surface area contributed by atoms with Crippen molar-refractivity contribution in [1.82, 2.24) is 19.9 Å². The lowest BCUT2D eigenvalue weighted by atomic mass is 9.95. The largest absolute Gasteiger partial charge is 0.254 e. The van der Waals surface area contributed by atoms with Crippen LogP contribution in [0.2, 0.25) is 5.02 Å². The van der Waals surface area contributed by atoms with E-state index in [9.17, 15) is 0 Å². The van der Waals surface area contributed by atoms with E-state index in [1.807, 2.05) is 61.8 Å². The number of benzene rings is 4. The number of rotatable bonds is 7. The first-order chi connectivity index (χ1) is 27.3. The summed E-state index contributed by atoms with van der Waals surface area (Å²) in [5.41, 5.74) is 14.9. The fourth-order valence-electron chi connectivity index (χ4n) is 7.38. The lowest BCUT2D eigenvalue weighted by Crippen LogP contribution is -2.08. The third kappa shape index (κ3) is 6.69. The zero-order valence-electron chi connectivity index (χ0n) is 31.4. The van der Waals surface area contributed by atoms with E-state index in [-0.39, 0.29) is 0 Å². The summed E-state index contributed by atoms with van der Waals surface area (Å²) in [6.07, 6.45) is 11.5. The minimum atomic E-state index is 0.621. The summed E-state index contributed by atoms with van der Waals surface area (Å²) in [5, 5.41) is 4.84. The average Bonchev–Trinajstić information content (AvgIpc) is 3.23. The Bertz CT molecular complexity index is 3040. The zero-order valence-corrected chi connectivity index (χ0v) is 32.1. The highest BCUT2D eigenvalue weighted by Gasteiger charge is 2.18. The summed E-state index contributed by atoms with van der Waals surface area (Å²) in [5.74, 6) is 0. The second kappa shape index (κ2) is 14.5. The fourth-order valence-corrected chi connectivity index (χ4v) is 7.61. The molecule has 0 bridgehead atoms. The van der Waals surface area contributed by atoms with Crippen LogP contribution in [0.25, 0.3) is 60.4 Å². The van der Waals surface area contributed by atoms with Crippen molar-refractivity contribution >= 4 is 83.6 Å². The van der Waals surface area contributed by atoms with Gasteiger partial charge < -0.3 is 0 Å². The second-order valence-corrected chi connectivity index (χ2v) is 14.7. The van der Waals surface area contributed by atoms with Crippen LogP contribution in [0.15, 0.2) is 156 Å². The Morgan fingerprint density at radius 3 is 2.27 bits per heavy atom. The van der Waals surface area contributed by atoms with Gasteiger partial charge in [-0.25, -0.2) is 9.97 Å². The molecule has 8 aromatic rings. The zero-order chi connectivity index (χ0) is 38.3. The molecule has 0 fully saturated rings. The van der Waals surface area contributed by atoms with Crippen molar-refractivity contribution in [1.29, 1.82) is 0 Å². The molecular weight excluding hydrogens is 708 g/mol. The number of allylic oxidation sites excluding steroid dienone is 5. The van der Waals surface area contributed by atoms with E-state index in [0.29, 0.717) is 5.02 Å². The maximum atomic E-state index is 6.76. The van der Waals surface area contributed by atoms with E-state index in [0.717, 1.165) is 118 Å². The van der Waals surface area contributed by atoms with Crippen LogP contribution in [0.3, 0.4) is 0 Å². The lowest BCUT2D eigenvalue weighted by Gasteiger charge is -2.18. The molecule has 270 valence electrons. The molecule has 6 nitrogen and oxygen atoms in total. The third-order valence-corrected chi connectivity index (χ3v) is 10.7. The molecule has 5 heterocycles. The Hall–Kier alpha value is -6.63. The van der Waals surface area contributed by atoms with Crippen LogP contribution < -0.4 is 0 Å². The summed E-state index contributed by atoms with van der Waals surface area (Å²) in [4.78, 5) is 29.7. The number of fused-ring (bicyclic) bond motifs is 7. The van der Waals surface area contributed by atoms with Crippen molar-refractivity contribution in [3.8, 4) is 11.3 Å². The Labute approximate surface area is 330 Å². The molecular formula is C49H37ClN6. The van der Waals surface area contributed by atoms with Crippen LogP contribution in [0.4, 0.5) is 11.4 Å². The maximum Gasteiger partial charge on any atom is 0.0972 e. The van der Waals surface area contributed by atoms with Crippen LogP contribution in [0, 0.1) is 6.92 Å². The molecule has 0 aliphatic carbocycles. The molecule has 0 unspecified atom stereocenters. The van der Waals surface area contributed by atoms with Crippen LogP contribution in [0.1, 0.15) is 42.7 Å². The third-order valence-electron chi connectivity index (χ3n) is 10.5. The number of aliphatic imine (C=N–C) groups is 2. The van der Waals surface area contributed by atoms with Gasteiger partial charge in [-0.05, 0) is 104 Å². The monoisotopic (exact) mass is 744 g/mol. The van der Waals surface area contributed by atoms with E-state index in [4.69, 9.17) is 31.6 Å². The highest BCUT2D eigenvalue weighted by Crippen LogP contribution is 2.37. The maximum absolute atomic E-state index is 6.76. The normalized spacial score (nSPS) is 13.5. The standard InChI is InChI=1S/C49H37ClN6/c1-29(41-21-18-35-15-14-34-11-7-25-52-46(34)47(35)54-41)8-5-9-30(2)42-22-19-36-16-17-37-20-23-43(56-49(37)48(36)55-42)39-26-38(27-40(50)28-39)32(4)53-44-31(3)12-13-33-10-6-24-51-45(33)44/h5-18,20-21,23-28H,1,19,22H2,2-4H3/b8-5-,30-9+,53-32+. The molecule has 0 amide bonds. The van der Waals surface area contributed by atoms with E-state index in [1.165, 1.54) is 5.56 Å². The Balaban J connectivity index is 1.01. The lowest BCUT2D eigenvalue weighted by molar-refractivity contribution is 1.01. The first-order valence-electron chi connectivity index (χ1n) is 18.7. The highest BCUT2D eigenvalue weighted by molar-refractivity contribution is 6.31. The molecule has 1 aliphatic rings. The number of hydrogen-bond acceptors (Lipinski definition) is 6. The molecule has 7 heteroatoms. The van der Waals surface area contributed by atoms with Gasteiger partial charge >= 0.3 is 0 Å². The summed E-state index contributed by atoms with van der Waals surface area (Å²) in [6, 6.07) is 34.9. The molecule has 0 spiro atoms. The molecule has 56 heavy (non-hydrogen) atoms. The summed E-state index contributed by atoms with van der Waals surface area (Å²) in [6.45, 7) is 10.5. The molecule has 0 saturated heterocycles. The van der Waals surface area contributed by atoms with Crippen LogP contribution >= 0.6 is 11.6 Å². The minimum Gasteiger partial charge on any atom is -0.254 e. The van der Waals surface area contributed by atoms with Crippen molar-refractivity contribution in [2.45, 2.75) is 33.6 Å². The first kappa shape index (κ1) is 35.1. The van der Waals surface area contributed by atoms with Gasteiger partial charge in [0.25, 0.3) is 0 Å². The average molecular weight is 745 g/mol. The molecule has 0 saturated carbocycles. The van der Waals surface area contributed by atoms with Crippen molar-refractivity contribution in [2.75, 3.05) is 0 Å². The summed E-state index contributed by atoms with van der Waals surface area (Å²) < 4.78 is 0. The van der Waals surface area contributed by atoms with Crippen molar-refractivity contribution in [2.24, 2.45) is 9.98 Å². The summed E-state index contributed by atoms with van der Waals surface area (Å²) >= 11 is 6.76. The topological polar surface area (TPSA) is 76.3 Å². The van der Waals surface area contributed by atoms with E-state index in [1.54, 1.807) is 0 Å². The number of aromatic nitrogens is 4. The number of pyridine rings is 4. The molecule has 1 aliphatic heterocycles. The Morgan fingerprint density at radius 1 is 0.732 bits per heavy atom. The highest BCUT2D eigenvalue weighted by atomic mass is 35.5. The van der Waals surface area contributed by atoms with Crippen LogP contribution in [-0.4, -0.2) is 31.4 Å². The van der Waals surface area contributed by atoms with Gasteiger partial charge in [0.05, 0.1) is 44.8 Å². The quantitative estimate of drug-likeness (QED) is 0.0925. The van der Waals surface area contributed by atoms with E-state index >= 15 is 0 Å². The number of halogens is 1. The van der Waals surface area contributed by atoms with Crippen molar-refractivity contribution < 1.29 is 0 Å². The molecule has 4 aromatic heterocycles. The number of aryl methyl sites for hydroxylation is 2. The van der Waals surface area contributed by atoms with Gasteiger partial charge in [0.2, 0.25) is 0 Å². The van der Waals surface area contributed by atoms with Gasteiger partial charge in [-0.2, -0.15) is 0 Å². The van der Waals surface area contributed by atoms with E-state index < -0.39 is 0 Å². The van der Waals surface area contributed by atoms with Gasteiger partial charge in [0.15, 0.2) is 0 Å². The number of nitrogens with zero attached hydrogens (tertiary/aromatic N) is 6. The first-order valence-corrected chi connectivity index (χ1v) is 19.1. The molecule has 4 aromatic carbocycles. The molecule has 9 rings (SSSR count). The predicted molar refractivity (Wildman–Crippen MR) is 235 cm³/mol. The smallest absolute Gasteiger partial charge is 0.0972 e. The van der Waals surface area contributed by atoms with Gasteiger partial charge in [-0.15, -0.1) is 0 Å². The minimum absolute atomic E-state index is 0.621. The van der Waals surface area contributed by atoms with Crippen molar-refractivity contribution in [3.05, 3.63) is 173 Å². The molecule has 0 radical (unpaired) electrons. The van der Waals surface area contributed by atoms with Gasteiger partial charge in [0.1, 0.15) is 0 Å². The van der Waals surface area contributed by atoms with Crippen molar-refractivity contribution in [3.63, 3.8) is 0 Å². The van der Waals surface area contributed by atoms with Crippen LogP contribution in [0.5, 0.6) is 0 Å². The van der Waals surface area contributed by atoms with E-state index in [2.05, 4.69) is 109 Å². The van der Waals surface area contributed by atoms with Gasteiger partial charge in [-0.1, -0.05) is 97.1 Å². The SMILES string of the molecule is C=C(/C=C\C=C(/C)C1=Nc2c(ccc3ccc(-c4cc(Cl)cc(/C(C)=N/c5c(C)ccc6cccnc56)c4)nc23)CC1)c1ccc2ccc3cccnc3c2n1. The predicted octanol–water partition coefficient (Wildman–Crippen LogP) is 12.9. The number of hydrogen-bond donors (Lipinski definition) is 0. The van der Waals surface area contributed by atoms with Crippen LogP contribution in [-0.2, 0) is 6.42 Å². The molecule has 0 N–H and O–H groups in total. The summed E-state index contributed by atoms with van der Waals surface area (Å²) in [7, 11) is 0. The van der Waals surface area contributed by atoms with Gasteiger partial charge in [-0.3, -0.25) is 20.0 Å². The second-order valence-electron chi connectivity index (χ2n) is 14.3. The molecule has 0 atom stereocenters. The fraction of sp³-hybridized carbons (Fsp3) is 0.102. The Kier molecular flexibility index (Phi) is 9.12. The Morgan fingerprint density at radius 2 is 1.43 bits per heavy atom. The van der Waals surface area contributed by atoms with Gasteiger partial charge in [0, 0.05) is 55.9 Å².